The van der Waals surface area contributed by atoms with Crippen molar-refractivity contribution in [1.29, 1.82) is 0 Å². The van der Waals surface area contributed by atoms with E-state index in [0.717, 1.165) is 10.2 Å². The van der Waals surface area contributed by atoms with Crippen LogP contribution in [0.4, 0.5) is 5.69 Å². The van der Waals surface area contributed by atoms with Crippen molar-refractivity contribution in [2.45, 2.75) is 19.9 Å². The molecule has 3 N–H and O–H groups in total. The van der Waals surface area contributed by atoms with E-state index in [2.05, 4.69) is 26.2 Å². The molecule has 82 valence electrons. The Kier molecular flexibility index (Phi) is 4.42. The lowest BCUT2D eigenvalue weighted by Gasteiger charge is -2.08. The number of guanidine groups is 1. The van der Waals surface area contributed by atoms with E-state index in [4.69, 9.17) is 17.3 Å². The van der Waals surface area contributed by atoms with Crippen LogP contribution in [0.2, 0.25) is 5.02 Å². The molecular formula is C10H13BrClN3. The van der Waals surface area contributed by atoms with Gasteiger partial charge in [-0.15, -0.1) is 0 Å². The lowest BCUT2D eigenvalue weighted by molar-refractivity contribution is 0.833. The highest BCUT2D eigenvalue weighted by Gasteiger charge is 2.02. The van der Waals surface area contributed by atoms with Gasteiger partial charge in [0.15, 0.2) is 5.96 Å². The van der Waals surface area contributed by atoms with Crippen LogP contribution in [0.15, 0.2) is 27.7 Å². The largest absolute Gasteiger partial charge is 0.370 e. The molecule has 0 atom stereocenters. The lowest BCUT2D eigenvalue weighted by atomic mass is 10.3. The summed E-state index contributed by atoms with van der Waals surface area (Å²) in [7, 11) is 0. The Morgan fingerprint density at radius 3 is 2.73 bits per heavy atom. The average Bonchev–Trinajstić information content (AvgIpc) is 2.08. The Labute approximate surface area is 103 Å². The highest BCUT2D eigenvalue weighted by atomic mass is 79.9. The number of nitrogens with zero attached hydrogens (tertiary/aromatic N) is 1. The zero-order chi connectivity index (χ0) is 11.4. The maximum absolute atomic E-state index is 5.82. The topological polar surface area (TPSA) is 50.4 Å². The highest BCUT2D eigenvalue weighted by molar-refractivity contribution is 9.10. The minimum absolute atomic E-state index is 0.170. The summed E-state index contributed by atoms with van der Waals surface area (Å²) in [5.74, 6) is 0.396. The van der Waals surface area contributed by atoms with Gasteiger partial charge in [-0.25, -0.2) is 0 Å². The van der Waals surface area contributed by atoms with Crippen LogP contribution >= 0.6 is 27.5 Å². The molecule has 0 heterocycles. The van der Waals surface area contributed by atoms with Crippen LogP contribution in [-0.4, -0.2) is 12.0 Å². The molecule has 15 heavy (non-hydrogen) atoms. The molecule has 0 aliphatic heterocycles. The monoisotopic (exact) mass is 289 g/mol. The Bertz CT molecular complexity index is 377. The zero-order valence-corrected chi connectivity index (χ0v) is 10.9. The standard InChI is InChI=1S/C10H13BrClN3/c1-6(2)14-10(13)15-9-4-3-7(12)5-8(9)11/h3-6H,1-2H3,(H3,13,14,15). The summed E-state index contributed by atoms with van der Waals surface area (Å²) in [6, 6.07) is 5.60. The molecule has 1 aromatic carbocycles. The van der Waals surface area contributed by atoms with E-state index in [9.17, 15) is 0 Å². The van der Waals surface area contributed by atoms with Crippen LogP contribution < -0.4 is 11.1 Å². The van der Waals surface area contributed by atoms with Crippen LogP contribution in [0.1, 0.15) is 13.8 Å². The van der Waals surface area contributed by atoms with Crippen molar-refractivity contribution in [2.75, 3.05) is 5.32 Å². The number of nitrogens with two attached hydrogens (primary N) is 1. The van der Waals surface area contributed by atoms with Gasteiger partial charge in [0, 0.05) is 15.5 Å². The quantitative estimate of drug-likeness (QED) is 0.649. The molecule has 0 aliphatic carbocycles. The summed E-state index contributed by atoms with van der Waals surface area (Å²) in [6.45, 7) is 3.93. The molecule has 0 saturated carbocycles. The van der Waals surface area contributed by atoms with Crippen LogP contribution in [-0.2, 0) is 0 Å². The van der Waals surface area contributed by atoms with Crippen molar-refractivity contribution in [3.8, 4) is 0 Å². The predicted molar refractivity (Wildman–Crippen MR) is 69.5 cm³/mol. The Hall–Kier alpha value is -0.740. The normalized spacial score (nSPS) is 11.9. The van der Waals surface area contributed by atoms with E-state index in [1.54, 1.807) is 12.1 Å². The zero-order valence-electron chi connectivity index (χ0n) is 8.59. The molecular weight excluding hydrogens is 277 g/mol. The van der Waals surface area contributed by atoms with Gasteiger partial charge >= 0.3 is 0 Å². The second-order valence-corrected chi connectivity index (χ2v) is 4.65. The van der Waals surface area contributed by atoms with Crippen molar-refractivity contribution >= 4 is 39.2 Å². The number of hydrogen-bond acceptors (Lipinski definition) is 1. The molecule has 1 aromatic rings. The summed E-state index contributed by atoms with van der Waals surface area (Å²) in [5, 5.41) is 3.66. The third-order valence-electron chi connectivity index (χ3n) is 1.59. The highest BCUT2D eigenvalue weighted by Crippen LogP contribution is 2.25. The maximum atomic E-state index is 5.82. The SMILES string of the molecule is CC(C)N=C(N)Nc1ccc(Cl)cc1Br. The molecule has 0 bridgehead atoms. The number of anilines is 1. The maximum Gasteiger partial charge on any atom is 0.193 e. The number of aliphatic imine (C=N–C) groups is 1. The molecule has 5 heteroatoms. The van der Waals surface area contributed by atoms with E-state index in [1.165, 1.54) is 0 Å². The predicted octanol–water partition coefficient (Wildman–Crippen LogP) is 3.24. The molecule has 0 aliphatic rings. The Balaban J connectivity index is 2.81. The summed E-state index contributed by atoms with van der Waals surface area (Å²) >= 11 is 9.20. The molecule has 3 nitrogen and oxygen atoms in total. The second kappa shape index (κ2) is 5.37. The van der Waals surface area contributed by atoms with Gasteiger partial charge in [-0.05, 0) is 48.0 Å². The summed E-state index contributed by atoms with van der Waals surface area (Å²) < 4.78 is 0.858. The first-order valence-corrected chi connectivity index (χ1v) is 5.71. The number of rotatable bonds is 2. The van der Waals surface area contributed by atoms with E-state index in [1.807, 2.05) is 19.9 Å². The molecule has 0 saturated heterocycles. The fourth-order valence-corrected chi connectivity index (χ4v) is 1.82. The number of nitrogens with one attached hydrogen (secondary N) is 1. The number of hydrogen-bond donors (Lipinski definition) is 2. The fourth-order valence-electron chi connectivity index (χ4n) is 1.04. The Morgan fingerprint density at radius 1 is 1.53 bits per heavy atom. The summed E-state index contributed by atoms with van der Waals surface area (Å²) in [5.41, 5.74) is 6.55. The van der Waals surface area contributed by atoms with Gasteiger partial charge < -0.3 is 11.1 Å². The van der Waals surface area contributed by atoms with Crippen molar-refractivity contribution in [2.24, 2.45) is 10.7 Å². The van der Waals surface area contributed by atoms with E-state index >= 15 is 0 Å². The van der Waals surface area contributed by atoms with E-state index in [0.29, 0.717) is 11.0 Å². The minimum atomic E-state index is 0.170. The molecule has 0 amide bonds. The van der Waals surface area contributed by atoms with Crippen LogP contribution in [0.5, 0.6) is 0 Å². The lowest BCUT2D eigenvalue weighted by Crippen LogP contribution is -2.24. The molecule has 0 spiro atoms. The first-order valence-electron chi connectivity index (χ1n) is 4.54. The number of benzene rings is 1. The summed E-state index contributed by atoms with van der Waals surface area (Å²) in [4.78, 5) is 4.17. The van der Waals surface area contributed by atoms with Gasteiger partial charge in [-0.3, -0.25) is 4.99 Å². The first kappa shape index (κ1) is 12.3. The third-order valence-corrected chi connectivity index (χ3v) is 2.48. The number of halogens is 2. The fraction of sp³-hybridized carbons (Fsp3) is 0.300. The van der Waals surface area contributed by atoms with Gasteiger partial charge in [-0.2, -0.15) is 0 Å². The van der Waals surface area contributed by atoms with Gasteiger partial charge in [0.2, 0.25) is 0 Å². The molecule has 0 fully saturated rings. The van der Waals surface area contributed by atoms with Gasteiger partial charge in [-0.1, -0.05) is 11.6 Å². The van der Waals surface area contributed by atoms with Gasteiger partial charge in [0.25, 0.3) is 0 Å². The second-order valence-electron chi connectivity index (χ2n) is 3.36. The van der Waals surface area contributed by atoms with Crippen LogP contribution in [0.25, 0.3) is 0 Å². The van der Waals surface area contributed by atoms with Crippen molar-refractivity contribution < 1.29 is 0 Å². The van der Waals surface area contributed by atoms with Crippen molar-refractivity contribution in [3.05, 3.63) is 27.7 Å². The van der Waals surface area contributed by atoms with Crippen molar-refractivity contribution in [1.82, 2.24) is 0 Å². The van der Waals surface area contributed by atoms with E-state index < -0.39 is 0 Å². The Morgan fingerprint density at radius 2 is 2.20 bits per heavy atom. The van der Waals surface area contributed by atoms with Gasteiger partial charge in [0.1, 0.15) is 0 Å². The molecule has 0 unspecified atom stereocenters. The van der Waals surface area contributed by atoms with Crippen LogP contribution in [0.3, 0.4) is 0 Å². The molecule has 0 radical (unpaired) electrons. The molecule has 0 aromatic heterocycles. The van der Waals surface area contributed by atoms with Crippen molar-refractivity contribution in [3.63, 3.8) is 0 Å². The first-order chi connectivity index (χ1) is 6.99. The van der Waals surface area contributed by atoms with Gasteiger partial charge in [0.05, 0.1) is 5.69 Å². The molecule has 1 rings (SSSR count). The summed E-state index contributed by atoms with van der Waals surface area (Å²) in [6.07, 6.45) is 0. The van der Waals surface area contributed by atoms with Crippen LogP contribution in [0, 0.1) is 0 Å². The smallest absolute Gasteiger partial charge is 0.193 e. The average molecular weight is 291 g/mol. The van der Waals surface area contributed by atoms with E-state index in [-0.39, 0.29) is 6.04 Å². The minimum Gasteiger partial charge on any atom is -0.370 e. The third kappa shape index (κ3) is 4.10.